The van der Waals surface area contributed by atoms with Crippen LogP contribution in [0, 0.1) is 0 Å². The summed E-state index contributed by atoms with van der Waals surface area (Å²) in [6.07, 6.45) is 4.30. The molecule has 62 valence electrons. The van der Waals surface area contributed by atoms with Crippen LogP contribution in [0.15, 0.2) is 12.2 Å². The molecule has 0 bridgehead atoms. The van der Waals surface area contributed by atoms with Crippen LogP contribution < -0.4 is 0 Å². The molecule has 1 aliphatic carbocycles. The van der Waals surface area contributed by atoms with Gasteiger partial charge in [0.2, 0.25) is 0 Å². The summed E-state index contributed by atoms with van der Waals surface area (Å²) in [5, 5.41) is 9.03. The number of carbonyl (C=O) groups is 1. The van der Waals surface area contributed by atoms with Crippen molar-refractivity contribution in [1.29, 1.82) is 0 Å². The third-order valence-electron chi connectivity index (χ3n) is 1.61. The molecule has 0 saturated carbocycles. The molecular weight excluding hydrogens is 144 g/mol. The van der Waals surface area contributed by atoms with Gasteiger partial charge >= 0.3 is 5.97 Å². The minimum atomic E-state index is -0.359. The Hall–Kier alpha value is -0.830. The van der Waals surface area contributed by atoms with E-state index in [0.717, 1.165) is 6.42 Å². The molecule has 0 aromatic carbocycles. The Kier molecular flexibility index (Phi) is 2.65. The zero-order chi connectivity index (χ0) is 8.27. The fraction of sp³-hybridized carbons (Fsp3) is 0.625. The van der Waals surface area contributed by atoms with E-state index in [9.17, 15) is 4.79 Å². The fourth-order valence-electron chi connectivity index (χ4n) is 1.09. The van der Waals surface area contributed by atoms with Gasteiger partial charge in [-0.05, 0) is 18.9 Å². The van der Waals surface area contributed by atoms with Gasteiger partial charge < -0.3 is 9.84 Å². The van der Waals surface area contributed by atoms with Gasteiger partial charge in [0.25, 0.3) is 0 Å². The zero-order valence-corrected chi connectivity index (χ0v) is 6.49. The zero-order valence-electron chi connectivity index (χ0n) is 6.49. The number of esters is 1. The smallest absolute Gasteiger partial charge is 0.303 e. The van der Waals surface area contributed by atoms with Gasteiger partial charge in [-0.1, -0.05) is 6.08 Å². The standard InChI is InChI=1S/C8H12O3/c1-6(9)11-8-4-2-7(10)3-5-8/h2,4,7-8,10H,3,5H2,1H3/t7-,8+/m1/s1. The molecule has 0 spiro atoms. The lowest BCUT2D eigenvalue weighted by atomic mass is 10.0. The first kappa shape index (κ1) is 8.27. The van der Waals surface area contributed by atoms with Crippen molar-refractivity contribution in [2.75, 3.05) is 0 Å². The lowest BCUT2D eigenvalue weighted by molar-refractivity contribution is -0.144. The van der Waals surface area contributed by atoms with Crippen LogP contribution in [-0.4, -0.2) is 23.3 Å². The average Bonchev–Trinajstić information content (AvgIpc) is 1.93. The molecule has 0 amide bonds. The third kappa shape index (κ3) is 2.72. The van der Waals surface area contributed by atoms with Gasteiger partial charge in [0.1, 0.15) is 6.10 Å². The molecule has 3 nitrogen and oxygen atoms in total. The van der Waals surface area contributed by atoms with E-state index in [1.54, 1.807) is 12.2 Å². The highest BCUT2D eigenvalue weighted by Crippen LogP contribution is 2.13. The van der Waals surface area contributed by atoms with Crippen molar-refractivity contribution in [2.24, 2.45) is 0 Å². The highest BCUT2D eigenvalue weighted by molar-refractivity contribution is 5.66. The molecule has 11 heavy (non-hydrogen) atoms. The van der Waals surface area contributed by atoms with Gasteiger partial charge in [0.05, 0.1) is 6.10 Å². The highest BCUT2D eigenvalue weighted by atomic mass is 16.5. The molecular formula is C8H12O3. The van der Waals surface area contributed by atoms with E-state index in [0.29, 0.717) is 6.42 Å². The van der Waals surface area contributed by atoms with Crippen LogP contribution in [0.1, 0.15) is 19.8 Å². The highest BCUT2D eigenvalue weighted by Gasteiger charge is 2.15. The van der Waals surface area contributed by atoms with Crippen molar-refractivity contribution in [3.63, 3.8) is 0 Å². The summed E-state index contributed by atoms with van der Waals surface area (Å²) >= 11 is 0. The second kappa shape index (κ2) is 3.53. The van der Waals surface area contributed by atoms with Crippen LogP contribution in [0.5, 0.6) is 0 Å². The lowest BCUT2D eigenvalue weighted by Crippen LogP contribution is -2.20. The molecule has 0 unspecified atom stereocenters. The Balaban J connectivity index is 2.38. The summed E-state index contributed by atoms with van der Waals surface area (Å²) in [6, 6.07) is 0. The first-order valence-corrected chi connectivity index (χ1v) is 3.72. The number of hydrogen-bond donors (Lipinski definition) is 1. The summed E-state index contributed by atoms with van der Waals surface area (Å²) in [4.78, 5) is 10.5. The van der Waals surface area contributed by atoms with E-state index < -0.39 is 0 Å². The van der Waals surface area contributed by atoms with Gasteiger partial charge in [-0.3, -0.25) is 4.79 Å². The molecule has 0 heterocycles. The minimum absolute atomic E-state index is 0.129. The first-order valence-electron chi connectivity index (χ1n) is 3.72. The molecule has 2 atom stereocenters. The van der Waals surface area contributed by atoms with Crippen LogP contribution in [0.2, 0.25) is 0 Å². The number of rotatable bonds is 1. The normalized spacial score (nSPS) is 30.0. The fourth-order valence-corrected chi connectivity index (χ4v) is 1.09. The third-order valence-corrected chi connectivity index (χ3v) is 1.61. The van der Waals surface area contributed by atoms with E-state index in [4.69, 9.17) is 9.84 Å². The number of aliphatic hydroxyl groups is 1. The monoisotopic (exact) mass is 156 g/mol. The van der Waals surface area contributed by atoms with Crippen LogP contribution in [-0.2, 0) is 9.53 Å². The summed E-state index contributed by atoms with van der Waals surface area (Å²) in [6.45, 7) is 1.39. The largest absolute Gasteiger partial charge is 0.458 e. The second-order valence-electron chi connectivity index (χ2n) is 2.68. The number of hydrogen-bond acceptors (Lipinski definition) is 3. The maximum Gasteiger partial charge on any atom is 0.303 e. The van der Waals surface area contributed by atoms with E-state index in [1.165, 1.54) is 6.92 Å². The molecule has 0 aromatic rings. The van der Waals surface area contributed by atoms with E-state index in [2.05, 4.69) is 0 Å². The van der Waals surface area contributed by atoms with Crippen molar-refractivity contribution >= 4 is 5.97 Å². The van der Waals surface area contributed by atoms with Crippen molar-refractivity contribution < 1.29 is 14.6 Å². The van der Waals surface area contributed by atoms with E-state index in [1.807, 2.05) is 0 Å². The van der Waals surface area contributed by atoms with Gasteiger partial charge in [-0.2, -0.15) is 0 Å². The predicted octanol–water partition coefficient (Wildman–Crippen LogP) is 0.629. The van der Waals surface area contributed by atoms with Crippen molar-refractivity contribution in [1.82, 2.24) is 0 Å². The number of carbonyl (C=O) groups excluding carboxylic acids is 1. The Morgan fingerprint density at radius 2 is 2.27 bits per heavy atom. The Morgan fingerprint density at radius 3 is 2.73 bits per heavy atom. The Labute approximate surface area is 65.7 Å². The van der Waals surface area contributed by atoms with E-state index in [-0.39, 0.29) is 18.2 Å². The summed E-state index contributed by atoms with van der Waals surface area (Å²) < 4.78 is 4.90. The average molecular weight is 156 g/mol. The number of aliphatic hydroxyl groups excluding tert-OH is 1. The van der Waals surface area contributed by atoms with Crippen LogP contribution in [0.3, 0.4) is 0 Å². The predicted molar refractivity (Wildman–Crippen MR) is 39.9 cm³/mol. The number of ether oxygens (including phenoxy) is 1. The van der Waals surface area contributed by atoms with Gasteiger partial charge in [0.15, 0.2) is 0 Å². The first-order chi connectivity index (χ1) is 5.18. The van der Waals surface area contributed by atoms with E-state index >= 15 is 0 Å². The molecule has 0 saturated heterocycles. The van der Waals surface area contributed by atoms with Gasteiger partial charge in [-0.25, -0.2) is 0 Å². The second-order valence-corrected chi connectivity index (χ2v) is 2.68. The summed E-state index contributed by atoms with van der Waals surface area (Å²) in [7, 11) is 0. The lowest BCUT2D eigenvalue weighted by Gasteiger charge is -2.18. The molecule has 1 aliphatic rings. The van der Waals surface area contributed by atoms with Crippen molar-refractivity contribution in [3.05, 3.63) is 12.2 Å². The maximum absolute atomic E-state index is 10.5. The molecule has 1 N–H and O–H groups in total. The summed E-state index contributed by atoms with van der Waals surface area (Å²) in [5.74, 6) is -0.268. The summed E-state index contributed by atoms with van der Waals surface area (Å²) in [5.41, 5.74) is 0. The van der Waals surface area contributed by atoms with Gasteiger partial charge in [0, 0.05) is 6.92 Å². The molecule has 0 aromatic heterocycles. The molecule has 0 radical (unpaired) electrons. The Morgan fingerprint density at radius 1 is 1.55 bits per heavy atom. The molecule has 0 fully saturated rings. The SMILES string of the molecule is CC(=O)O[C@H]1C=C[C@@H](O)CC1. The maximum atomic E-state index is 10.5. The molecule has 3 heteroatoms. The molecule has 0 aliphatic heterocycles. The quantitative estimate of drug-likeness (QED) is 0.447. The minimum Gasteiger partial charge on any atom is -0.458 e. The topological polar surface area (TPSA) is 46.5 Å². The van der Waals surface area contributed by atoms with Crippen LogP contribution in [0.25, 0.3) is 0 Å². The van der Waals surface area contributed by atoms with Gasteiger partial charge in [-0.15, -0.1) is 0 Å². The molecule has 1 rings (SSSR count). The Bertz CT molecular complexity index is 174. The van der Waals surface area contributed by atoms with Crippen LogP contribution in [0.4, 0.5) is 0 Å². The van der Waals surface area contributed by atoms with Crippen molar-refractivity contribution in [3.8, 4) is 0 Å². The van der Waals surface area contributed by atoms with Crippen molar-refractivity contribution in [2.45, 2.75) is 32.0 Å². The van der Waals surface area contributed by atoms with Crippen LogP contribution >= 0.6 is 0 Å².